The Bertz CT molecular complexity index is 905. The lowest BCUT2D eigenvalue weighted by Gasteiger charge is -2.32. The lowest BCUT2D eigenvalue weighted by molar-refractivity contribution is -0.136. The van der Waals surface area contributed by atoms with Crippen molar-refractivity contribution in [2.24, 2.45) is 0 Å². The number of ether oxygens (including phenoxy) is 2. The molecule has 166 valence electrons. The Morgan fingerprint density at radius 3 is 2.48 bits per heavy atom. The van der Waals surface area contributed by atoms with E-state index in [2.05, 4.69) is 10.3 Å². The molecule has 1 aromatic carbocycles. The van der Waals surface area contributed by atoms with E-state index in [0.29, 0.717) is 25.2 Å². The van der Waals surface area contributed by atoms with E-state index in [1.807, 2.05) is 28.9 Å². The van der Waals surface area contributed by atoms with Gasteiger partial charge in [0.15, 0.2) is 0 Å². The molecule has 2 aromatic rings. The Balaban J connectivity index is 1.34. The van der Waals surface area contributed by atoms with Crippen molar-refractivity contribution in [3.05, 3.63) is 41.2 Å². The lowest BCUT2D eigenvalue weighted by atomic mass is 10.1. The summed E-state index contributed by atoms with van der Waals surface area (Å²) in [6.45, 7) is 3.98. The van der Waals surface area contributed by atoms with Crippen LogP contribution in [0.2, 0.25) is 0 Å². The number of benzene rings is 1. The number of aromatic nitrogens is 2. The van der Waals surface area contributed by atoms with Crippen molar-refractivity contribution in [2.45, 2.75) is 44.8 Å². The Kier molecular flexibility index (Phi) is 6.50. The van der Waals surface area contributed by atoms with Crippen molar-refractivity contribution in [3.8, 4) is 5.75 Å². The van der Waals surface area contributed by atoms with Crippen LogP contribution in [-0.4, -0.2) is 71.4 Å². The molecule has 0 N–H and O–H groups in total. The second kappa shape index (κ2) is 9.47. The normalized spacial score (nSPS) is 19.6. The third-order valence-electron chi connectivity index (χ3n) is 5.98. The average Bonchev–Trinajstić information content (AvgIpc) is 3.43. The van der Waals surface area contributed by atoms with Crippen molar-refractivity contribution in [1.82, 2.24) is 20.1 Å². The maximum absolute atomic E-state index is 13.1. The minimum atomic E-state index is -0.0966. The van der Waals surface area contributed by atoms with Crippen molar-refractivity contribution < 1.29 is 23.7 Å². The van der Waals surface area contributed by atoms with Gasteiger partial charge >= 0.3 is 0 Å². The molecule has 1 unspecified atom stereocenters. The van der Waals surface area contributed by atoms with E-state index >= 15 is 0 Å². The van der Waals surface area contributed by atoms with Gasteiger partial charge in [-0.1, -0.05) is 10.3 Å². The zero-order valence-electron chi connectivity index (χ0n) is 18.0. The number of rotatable bonds is 6. The Hall–Kier alpha value is -2.94. The molecule has 2 saturated heterocycles. The summed E-state index contributed by atoms with van der Waals surface area (Å²) in [5, 5.41) is 7.85. The molecule has 31 heavy (non-hydrogen) atoms. The molecule has 1 atom stereocenters. The standard InChI is InChI=1S/C22H28N4O5/c1-15-21(24-31-23-15)19-4-3-11-26(19)22(28)16-5-7-17(8-6-16)30-18-9-12-25(13-10-18)20(27)14-29-2/h5-8,18-19H,3-4,9-14H2,1-2H3. The Morgan fingerprint density at radius 1 is 1.10 bits per heavy atom. The minimum Gasteiger partial charge on any atom is -0.490 e. The molecule has 2 amide bonds. The SMILES string of the molecule is COCC(=O)N1CCC(Oc2ccc(C(=O)N3CCCC3c3nonc3C)cc2)CC1. The van der Waals surface area contributed by atoms with Crippen LogP contribution in [0, 0.1) is 6.92 Å². The molecule has 0 spiro atoms. The zero-order valence-corrected chi connectivity index (χ0v) is 18.0. The predicted octanol–water partition coefficient (Wildman–Crippen LogP) is 2.37. The van der Waals surface area contributed by atoms with Crippen molar-refractivity contribution in [2.75, 3.05) is 33.4 Å². The van der Waals surface area contributed by atoms with Crippen LogP contribution >= 0.6 is 0 Å². The van der Waals surface area contributed by atoms with Gasteiger partial charge in [-0.05, 0) is 44.0 Å². The molecule has 2 fully saturated rings. The number of carbonyl (C=O) groups excluding carboxylic acids is 2. The van der Waals surface area contributed by atoms with Gasteiger partial charge in [-0.25, -0.2) is 4.63 Å². The second-order valence-electron chi connectivity index (χ2n) is 8.05. The number of likely N-dealkylation sites (tertiary alicyclic amines) is 2. The summed E-state index contributed by atoms with van der Waals surface area (Å²) >= 11 is 0. The van der Waals surface area contributed by atoms with Gasteiger partial charge in [-0.3, -0.25) is 9.59 Å². The van der Waals surface area contributed by atoms with Crippen LogP contribution in [0.3, 0.4) is 0 Å². The molecule has 0 bridgehead atoms. The Morgan fingerprint density at radius 2 is 1.84 bits per heavy atom. The summed E-state index contributed by atoms with van der Waals surface area (Å²) < 4.78 is 15.8. The summed E-state index contributed by atoms with van der Waals surface area (Å²) in [5.74, 6) is 0.717. The van der Waals surface area contributed by atoms with Crippen molar-refractivity contribution in [3.63, 3.8) is 0 Å². The van der Waals surface area contributed by atoms with E-state index in [1.54, 1.807) is 12.1 Å². The highest BCUT2D eigenvalue weighted by Crippen LogP contribution is 2.33. The van der Waals surface area contributed by atoms with Gasteiger partial charge in [-0.2, -0.15) is 0 Å². The number of nitrogens with zero attached hydrogens (tertiary/aromatic N) is 4. The van der Waals surface area contributed by atoms with Crippen LogP contribution in [0.5, 0.6) is 5.75 Å². The highest BCUT2D eigenvalue weighted by molar-refractivity contribution is 5.94. The van der Waals surface area contributed by atoms with Crippen molar-refractivity contribution in [1.29, 1.82) is 0 Å². The third kappa shape index (κ3) is 4.71. The minimum absolute atomic E-state index is 0.0145. The molecular weight excluding hydrogens is 400 g/mol. The molecular formula is C22H28N4O5. The molecule has 3 heterocycles. The molecule has 4 rings (SSSR count). The van der Waals surface area contributed by atoms with Crippen LogP contribution in [0.25, 0.3) is 0 Å². The molecule has 9 nitrogen and oxygen atoms in total. The van der Waals surface area contributed by atoms with Gasteiger partial charge in [0.05, 0.1) is 6.04 Å². The van der Waals surface area contributed by atoms with Crippen molar-refractivity contribution >= 4 is 11.8 Å². The fraction of sp³-hybridized carbons (Fsp3) is 0.545. The van der Waals surface area contributed by atoms with Gasteiger partial charge in [0.2, 0.25) is 5.91 Å². The predicted molar refractivity (Wildman–Crippen MR) is 111 cm³/mol. The zero-order chi connectivity index (χ0) is 21.8. The van der Waals surface area contributed by atoms with Crippen LogP contribution in [0.4, 0.5) is 0 Å². The maximum Gasteiger partial charge on any atom is 0.254 e. The number of aryl methyl sites for hydroxylation is 1. The molecule has 0 radical (unpaired) electrons. The van der Waals surface area contributed by atoms with Gasteiger partial charge in [0.25, 0.3) is 5.91 Å². The van der Waals surface area contributed by atoms with Crippen LogP contribution in [0.1, 0.15) is 53.5 Å². The third-order valence-corrected chi connectivity index (χ3v) is 5.98. The summed E-state index contributed by atoms with van der Waals surface area (Å²) in [7, 11) is 1.53. The largest absolute Gasteiger partial charge is 0.490 e. The number of hydrogen-bond donors (Lipinski definition) is 0. The average molecular weight is 428 g/mol. The monoisotopic (exact) mass is 428 g/mol. The first-order valence-corrected chi connectivity index (χ1v) is 10.7. The fourth-order valence-electron chi connectivity index (χ4n) is 4.31. The smallest absolute Gasteiger partial charge is 0.254 e. The first-order valence-electron chi connectivity index (χ1n) is 10.7. The topological polar surface area (TPSA) is 98.0 Å². The number of carbonyl (C=O) groups is 2. The van der Waals surface area contributed by atoms with Crippen LogP contribution in [-0.2, 0) is 9.53 Å². The summed E-state index contributed by atoms with van der Waals surface area (Å²) in [6, 6.07) is 7.18. The summed E-state index contributed by atoms with van der Waals surface area (Å²) in [6.07, 6.45) is 3.38. The molecule has 2 aliphatic heterocycles. The number of piperidine rings is 1. The van der Waals surface area contributed by atoms with Gasteiger partial charge < -0.3 is 19.3 Å². The van der Waals surface area contributed by atoms with E-state index in [-0.39, 0.29) is 30.6 Å². The van der Waals surface area contributed by atoms with Gasteiger partial charge in [0.1, 0.15) is 29.8 Å². The highest BCUT2D eigenvalue weighted by atomic mass is 16.6. The molecule has 1 aromatic heterocycles. The summed E-state index contributed by atoms with van der Waals surface area (Å²) in [5.41, 5.74) is 2.08. The number of methoxy groups -OCH3 is 1. The lowest BCUT2D eigenvalue weighted by Crippen LogP contribution is -2.43. The van der Waals surface area contributed by atoms with E-state index in [0.717, 1.165) is 42.8 Å². The maximum atomic E-state index is 13.1. The van der Waals surface area contributed by atoms with Crippen LogP contribution in [0.15, 0.2) is 28.9 Å². The van der Waals surface area contributed by atoms with Gasteiger partial charge in [0, 0.05) is 45.1 Å². The molecule has 0 aliphatic carbocycles. The van der Waals surface area contributed by atoms with E-state index in [4.69, 9.17) is 14.1 Å². The number of hydrogen-bond acceptors (Lipinski definition) is 7. The fourth-order valence-corrected chi connectivity index (χ4v) is 4.31. The van der Waals surface area contributed by atoms with Gasteiger partial charge in [-0.15, -0.1) is 0 Å². The quantitative estimate of drug-likeness (QED) is 0.697. The second-order valence-corrected chi connectivity index (χ2v) is 8.05. The first-order chi connectivity index (χ1) is 15.1. The molecule has 0 saturated carbocycles. The van der Waals surface area contributed by atoms with Crippen LogP contribution < -0.4 is 4.74 Å². The number of amides is 2. The first kappa shape index (κ1) is 21.3. The van der Waals surface area contributed by atoms with E-state index in [9.17, 15) is 9.59 Å². The molecule has 2 aliphatic rings. The van der Waals surface area contributed by atoms with E-state index in [1.165, 1.54) is 7.11 Å². The highest BCUT2D eigenvalue weighted by Gasteiger charge is 2.34. The molecule has 9 heteroatoms. The summed E-state index contributed by atoms with van der Waals surface area (Å²) in [4.78, 5) is 28.6. The van der Waals surface area contributed by atoms with E-state index < -0.39 is 0 Å². The Labute approximate surface area is 181 Å².